The highest BCUT2D eigenvalue weighted by Crippen LogP contribution is 2.16. The zero-order valence-electron chi connectivity index (χ0n) is 11.9. The van der Waals surface area contributed by atoms with E-state index < -0.39 is 0 Å². The molecular formula is C15H20N2OS. The summed E-state index contributed by atoms with van der Waals surface area (Å²) in [6.45, 7) is 6.53. The van der Waals surface area contributed by atoms with E-state index in [-0.39, 0.29) is 5.91 Å². The van der Waals surface area contributed by atoms with Gasteiger partial charge in [0.2, 0.25) is 0 Å². The third-order valence-electron chi connectivity index (χ3n) is 2.41. The summed E-state index contributed by atoms with van der Waals surface area (Å²) in [6.07, 6.45) is 1.74. The fourth-order valence-corrected chi connectivity index (χ4v) is 2.43. The number of aryl methyl sites for hydroxylation is 1. The molecule has 2 aromatic rings. The second-order valence-corrected chi connectivity index (χ2v) is 4.88. The number of amides is 1. The molecule has 2 rings (SSSR count). The predicted octanol–water partition coefficient (Wildman–Crippen LogP) is 3.75. The van der Waals surface area contributed by atoms with Crippen molar-refractivity contribution in [2.45, 2.75) is 27.3 Å². The highest BCUT2D eigenvalue weighted by Gasteiger charge is 2.13. The van der Waals surface area contributed by atoms with Gasteiger partial charge in [0, 0.05) is 13.2 Å². The lowest BCUT2D eigenvalue weighted by atomic mass is 10.3. The molecule has 102 valence electrons. The maximum Gasteiger partial charge on any atom is 0.264 e. The van der Waals surface area contributed by atoms with Crippen molar-refractivity contribution in [3.05, 3.63) is 52.0 Å². The van der Waals surface area contributed by atoms with Gasteiger partial charge in [-0.3, -0.25) is 9.78 Å². The predicted molar refractivity (Wildman–Crippen MR) is 80.4 cm³/mol. The van der Waals surface area contributed by atoms with Gasteiger partial charge >= 0.3 is 0 Å². The van der Waals surface area contributed by atoms with E-state index in [0.29, 0.717) is 6.54 Å². The van der Waals surface area contributed by atoms with E-state index >= 15 is 0 Å². The third kappa shape index (κ3) is 4.48. The maximum atomic E-state index is 12.1. The molecule has 0 aliphatic heterocycles. The topological polar surface area (TPSA) is 33.2 Å². The zero-order valence-corrected chi connectivity index (χ0v) is 12.7. The molecule has 0 N–H and O–H groups in total. The number of carbonyl (C=O) groups excluding carboxylic acids is 1. The molecule has 0 aliphatic rings. The summed E-state index contributed by atoms with van der Waals surface area (Å²) in [4.78, 5) is 18.7. The number of rotatable bonds is 3. The van der Waals surface area contributed by atoms with Gasteiger partial charge in [0.15, 0.2) is 0 Å². The minimum atomic E-state index is 0.0498. The molecule has 0 atom stereocenters. The minimum absolute atomic E-state index is 0.0498. The molecule has 0 saturated carbocycles. The molecule has 0 fully saturated rings. The van der Waals surface area contributed by atoms with Crippen LogP contribution in [0.2, 0.25) is 0 Å². The first-order valence-electron chi connectivity index (χ1n) is 6.37. The Morgan fingerprint density at radius 3 is 2.63 bits per heavy atom. The fourth-order valence-electron chi connectivity index (χ4n) is 1.54. The van der Waals surface area contributed by atoms with Crippen LogP contribution in [0.3, 0.4) is 0 Å². The van der Waals surface area contributed by atoms with Crippen molar-refractivity contribution in [1.29, 1.82) is 0 Å². The Kier molecular flexibility index (Phi) is 6.22. The van der Waals surface area contributed by atoms with Gasteiger partial charge in [-0.2, -0.15) is 0 Å². The number of aromatic nitrogens is 1. The number of hydrogen-bond acceptors (Lipinski definition) is 3. The van der Waals surface area contributed by atoms with Gasteiger partial charge in [0.1, 0.15) is 0 Å². The fraction of sp³-hybridized carbons (Fsp3) is 0.333. The van der Waals surface area contributed by atoms with Crippen molar-refractivity contribution >= 4 is 17.2 Å². The Morgan fingerprint density at radius 1 is 1.37 bits per heavy atom. The molecule has 1 amide bonds. The number of carbonyl (C=O) groups is 1. The van der Waals surface area contributed by atoms with Gasteiger partial charge < -0.3 is 4.90 Å². The smallest absolute Gasteiger partial charge is 0.264 e. The van der Waals surface area contributed by atoms with E-state index in [9.17, 15) is 4.79 Å². The van der Waals surface area contributed by atoms with Crippen LogP contribution in [0.4, 0.5) is 0 Å². The molecular weight excluding hydrogens is 256 g/mol. The largest absolute Gasteiger partial charge is 0.335 e. The van der Waals surface area contributed by atoms with E-state index in [4.69, 9.17) is 0 Å². The zero-order chi connectivity index (χ0) is 14.3. The van der Waals surface area contributed by atoms with Gasteiger partial charge in [0.05, 0.1) is 17.1 Å². The van der Waals surface area contributed by atoms with Crippen LogP contribution in [0.15, 0.2) is 35.8 Å². The Morgan fingerprint density at radius 2 is 2.11 bits per heavy atom. The molecule has 2 heterocycles. The van der Waals surface area contributed by atoms with E-state index in [2.05, 4.69) is 4.98 Å². The molecule has 4 heteroatoms. The average Bonchev–Trinajstić information content (AvgIpc) is 2.88. The number of thiophene rings is 1. The van der Waals surface area contributed by atoms with Crippen molar-refractivity contribution in [2.24, 2.45) is 0 Å². The van der Waals surface area contributed by atoms with E-state index in [1.807, 2.05) is 50.4 Å². The van der Waals surface area contributed by atoms with Gasteiger partial charge in [-0.25, -0.2) is 0 Å². The first-order valence-corrected chi connectivity index (χ1v) is 7.25. The molecule has 0 saturated heterocycles. The van der Waals surface area contributed by atoms with Crippen LogP contribution in [-0.2, 0) is 6.54 Å². The van der Waals surface area contributed by atoms with E-state index in [0.717, 1.165) is 16.1 Å². The lowest BCUT2D eigenvalue weighted by Gasteiger charge is -2.15. The lowest BCUT2D eigenvalue weighted by molar-refractivity contribution is 0.0788. The Labute approximate surface area is 118 Å². The summed E-state index contributed by atoms with van der Waals surface area (Å²) in [5, 5.41) is 1.99. The minimum Gasteiger partial charge on any atom is -0.335 e. The molecule has 0 bridgehead atoms. The number of pyridine rings is 1. The molecule has 0 spiro atoms. The van der Waals surface area contributed by atoms with Crippen molar-refractivity contribution in [3.63, 3.8) is 0 Å². The molecule has 0 unspecified atom stereocenters. The SMILES string of the molecule is CC.Cc1csc(C(=O)N(C)Cc2ccccn2)c1. The van der Waals surface area contributed by atoms with Crippen LogP contribution >= 0.6 is 11.3 Å². The van der Waals surface area contributed by atoms with Crippen LogP contribution < -0.4 is 0 Å². The molecule has 0 radical (unpaired) electrons. The van der Waals surface area contributed by atoms with Crippen molar-refractivity contribution in [3.8, 4) is 0 Å². The summed E-state index contributed by atoms with van der Waals surface area (Å²) < 4.78 is 0. The summed E-state index contributed by atoms with van der Waals surface area (Å²) in [7, 11) is 1.80. The molecule has 2 aromatic heterocycles. The summed E-state index contributed by atoms with van der Waals surface area (Å²) in [5.41, 5.74) is 2.03. The summed E-state index contributed by atoms with van der Waals surface area (Å²) in [6, 6.07) is 7.63. The summed E-state index contributed by atoms with van der Waals surface area (Å²) >= 11 is 1.48. The Bertz CT molecular complexity index is 508. The van der Waals surface area contributed by atoms with E-state index in [1.165, 1.54) is 11.3 Å². The average molecular weight is 276 g/mol. The van der Waals surface area contributed by atoms with Crippen LogP contribution in [-0.4, -0.2) is 22.8 Å². The Hall–Kier alpha value is -1.68. The second-order valence-electron chi connectivity index (χ2n) is 3.97. The van der Waals surface area contributed by atoms with Crippen LogP contribution in [0.25, 0.3) is 0 Å². The van der Waals surface area contributed by atoms with Gasteiger partial charge in [-0.05, 0) is 36.1 Å². The van der Waals surface area contributed by atoms with Crippen molar-refractivity contribution in [2.75, 3.05) is 7.05 Å². The lowest BCUT2D eigenvalue weighted by Crippen LogP contribution is -2.25. The summed E-state index contributed by atoms with van der Waals surface area (Å²) in [5.74, 6) is 0.0498. The van der Waals surface area contributed by atoms with Crippen LogP contribution in [0, 0.1) is 6.92 Å². The monoisotopic (exact) mass is 276 g/mol. The van der Waals surface area contributed by atoms with Crippen LogP contribution in [0.1, 0.15) is 34.8 Å². The third-order valence-corrected chi connectivity index (χ3v) is 3.45. The number of nitrogens with zero attached hydrogens (tertiary/aromatic N) is 2. The standard InChI is InChI=1S/C13H14N2OS.C2H6/c1-10-7-12(17-9-10)13(16)15(2)8-11-5-3-4-6-14-11;1-2/h3-7,9H,8H2,1-2H3;1-2H3. The number of hydrogen-bond donors (Lipinski definition) is 0. The second kappa shape index (κ2) is 7.69. The van der Waals surface area contributed by atoms with Crippen LogP contribution in [0.5, 0.6) is 0 Å². The quantitative estimate of drug-likeness (QED) is 0.855. The highest BCUT2D eigenvalue weighted by molar-refractivity contribution is 7.12. The van der Waals surface area contributed by atoms with Crippen molar-refractivity contribution in [1.82, 2.24) is 9.88 Å². The molecule has 0 aliphatic carbocycles. The van der Waals surface area contributed by atoms with E-state index in [1.54, 1.807) is 18.1 Å². The van der Waals surface area contributed by atoms with Crippen molar-refractivity contribution < 1.29 is 4.79 Å². The maximum absolute atomic E-state index is 12.1. The van der Waals surface area contributed by atoms with Gasteiger partial charge in [0.25, 0.3) is 5.91 Å². The first-order chi connectivity index (χ1) is 9.16. The molecule has 19 heavy (non-hydrogen) atoms. The normalized spacial score (nSPS) is 9.47. The van der Waals surface area contributed by atoms with Gasteiger partial charge in [-0.15, -0.1) is 11.3 Å². The molecule has 0 aromatic carbocycles. The first kappa shape index (κ1) is 15.4. The van der Waals surface area contributed by atoms with Gasteiger partial charge in [-0.1, -0.05) is 19.9 Å². The highest BCUT2D eigenvalue weighted by atomic mass is 32.1. The Balaban J connectivity index is 0.000000861. The molecule has 3 nitrogen and oxygen atoms in total.